The first-order valence-corrected chi connectivity index (χ1v) is 7.99. The molecular weight excluding hydrogens is 336 g/mol. The number of carbonyl (C=O) groups excluding carboxylic acids is 2. The standard InChI is InChI=1S/C17H18N6O3/c18-17-21-10-14(26-17)16(25)22-13-5-2-1-4-12(13)15(24)20-6-3-8-23-9-7-19-11-23/h1-2,4-5,7,9-11H,3,6,8H2,(H2,18,21)(H,20,24)(H,22,25). The van der Waals surface area contributed by atoms with Crippen molar-refractivity contribution in [3.63, 3.8) is 0 Å². The van der Waals surface area contributed by atoms with Crippen LogP contribution in [0.25, 0.3) is 0 Å². The van der Waals surface area contributed by atoms with Crippen LogP contribution in [-0.2, 0) is 6.54 Å². The van der Waals surface area contributed by atoms with Crippen molar-refractivity contribution in [3.05, 3.63) is 60.5 Å². The molecule has 134 valence electrons. The number of benzene rings is 1. The van der Waals surface area contributed by atoms with Crippen LogP contribution < -0.4 is 16.4 Å². The molecule has 0 saturated carbocycles. The zero-order chi connectivity index (χ0) is 18.4. The molecule has 1 aromatic carbocycles. The van der Waals surface area contributed by atoms with Gasteiger partial charge in [-0.1, -0.05) is 12.1 Å². The van der Waals surface area contributed by atoms with Crippen molar-refractivity contribution >= 4 is 23.5 Å². The summed E-state index contributed by atoms with van der Waals surface area (Å²) < 4.78 is 6.91. The highest BCUT2D eigenvalue weighted by Gasteiger charge is 2.16. The highest BCUT2D eigenvalue weighted by atomic mass is 16.4. The van der Waals surface area contributed by atoms with Gasteiger partial charge in [-0.3, -0.25) is 9.59 Å². The zero-order valence-electron chi connectivity index (χ0n) is 13.9. The fourth-order valence-corrected chi connectivity index (χ4v) is 2.34. The Morgan fingerprint density at radius 3 is 2.81 bits per heavy atom. The quantitative estimate of drug-likeness (QED) is 0.552. The Balaban J connectivity index is 1.58. The number of aryl methyl sites for hydroxylation is 1. The summed E-state index contributed by atoms with van der Waals surface area (Å²) in [6.07, 6.45) is 7.28. The molecule has 0 saturated heterocycles. The molecule has 0 atom stereocenters. The Hall–Kier alpha value is -3.62. The molecule has 2 heterocycles. The molecule has 9 heteroatoms. The fourth-order valence-electron chi connectivity index (χ4n) is 2.34. The predicted molar refractivity (Wildman–Crippen MR) is 94.5 cm³/mol. The lowest BCUT2D eigenvalue weighted by molar-refractivity contribution is 0.0953. The Morgan fingerprint density at radius 1 is 1.23 bits per heavy atom. The van der Waals surface area contributed by atoms with Crippen LogP contribution in [0.4, 0.5) is 11.7 Å². The third-order valence-electron chi connectivity index (χ3n) is 3.61. The lowest BCUT2D eigenvalue weighted by Gasteiger charge is -2.11. The van der Waals surface area contributed by atoms with Gasteiger partial charge in [-0.15, -0.1) is 0 Å². The highest BCUT2D eigenvalue weighted by Crippen LogP contribution is 2.17. The average molecular weight is 354 g/mol. The second-order valence-corrected chi connectivity index (χ2v) is 5.47. The molecule has 26 heavy (non-hydrogen) atoms. The van der Waals surface area contributed by atoms with Crippen LogP contribution in [0.1, 0.15) is 27.3 Å². The number of nitrogens with zero attached hydrogens (tertiary/aromatic N) is 3. The number of nitrogen functional groups attached to an aromatic ring is 1. The number of amides is 2. The van der Waals surface area contributed by atoms with Gasteiger partial charge in [0.1, 0.15) is 0 Å². The molecule has 0 radical (unpaired) electrons. The molecule has 0 aliphatic rings. The summed E-state index contributed by atoms with van der Waals surface area (Å²) in [4.78, 5) is 32.2. The number of hydrogen-bond acceptors (Lipinski definition) is 6. The fraction of sp³-hybridized carbons (Fsp3) is 0.176. The van der Waals surface area contributed by atoms with Crippen LogP contribution in [0.3, 0.4) is 0 Å². The van der Waals surface area contributed by atoms with Crippen molar-refractivity contribution in [1.82, 2.24) is 19.9 Å². The second kappa shape index (κ2) is 7.97. The van der Waals surface area contributed by atoms with Gasteiger partial charge in [-0.05, 0) is 18.6 Å². The first-order chi connectivity index (χ1) is 12.6. The molecule has 0 aliphatic carbocycles. The molecule has 3 rings (SSSR count). The number of rotatable bonds is 7. The number of oxazole rings is 1. The summed E-state index contributed by atoms with van der Waals surface area (Å²) in [5.41, 5.74) is 6.10. The molecule has 9 nitrogen and oxygen atoms in total. The van der Waals surface area contributed by atoms with Gasteiger partial charge in [0, 0.05) is 25.5 Å². The van der Waals surface area contributed by atoms with E-state index >= 15 is 0 Å². The second-order valence-electron chi connectivity index (χ2n) is 5.47. The molecule has 0 aliphatic heterocycles. The summed E-state index contributed by atoms with van der Waals surface area (Å²) in [7, 11) is 0. The molecule has 4 N–H and O–H groups in total. The summed E-state index contributed by atoms with van der Waals surface area (Å²) in [5, 5.41) is 5.47. The smallest absolute Gasteiger partial charge is 0.293 e. The number of nitrogens with one attached hydrogen (secondary N) is 2. The summed E-state index contributed by atoms with van der Waals surface area (Å²) in [6, 6.07) is 6.62. The minimum atomic E-state index is -0.533. The molecule has 0 bridgehead atoms. The van der Waals surface area contributed by atoms with Crippen LogP contribution in [-0.4, -0.2) is 32.9 Å². The van der Waals surface area contributed by atoms with Gasteiger partial charge in [0.25, 0.3) is 17.8 Å². The van der Waals surface area contributed by atoms with Crippen LogP contribution in [0.15, 0.2) is 53.6 Å². The summed E-state index contributed by atoms with van der Waals surface area (Å²) in [6.45, 7) is 1.25. The summed E-state index contributed by atoms with van der Waals surface area (Å²) >= 11 is 0. The van der Waals surface area contributed by atoms with E-state index in [1.807, 2.05) is 10.8 Å². The largest absolute Gasteiger partial charge is 0.418 e. The van der Waals surface area contributed by atoms with Gasteiger partial charge in [0.2, 0.25) is 5.76 Å². The van der Waals surface area contributed by atoms with E-state index in [-0.39, 0.29) is 17.7 Å². The Bertz CT molecular complexity index is 888. The van der Waals surface area contributed by atoms with E-state index in [4.69, 9.17) is 10.2 Å². The Kier molecular flexibility index (Phi) is 5.28. The van der Waals surface area contributed by atoms with Gasteiger partial charge in [-0.25, -0.2) is 9.97 Å². The third-order valence-corrected chi connectivity index (χ3v) is 3.61. The Morgan fingerprint density at radius 2 is 2.08 bits per heavy atom. The number of aromatic nitrogens is 3. The van der Waals surface area contributed by atoms with Crippen LogP contribution in [0.2, 0.25) is 0 Å². The van der Waals surface area contributed by atoms with E-state index in [9.17, 15) is 9.59 Å². The molecule has 2 amide bonds. The normalized spacial score (nSPS) is 10.5. The van der Waals surface area contributed by atoms with Crippen LogP contribution in [0, 0.1) is 0 Å². The topological polar surface area (TPSA) is 128 Å². The number of carbonyl (C=O) groups is 2. The number of anilines is 2. The molecule has 3 aromatic rings. The maximum atomic E-state index is 12.4. The SMILES string of the molecule is Nc1ncc(C(=O)Nc2ccccc2C(=O)NCCCn2ccnc2)o1. The van der Waals surface area contributed by atoms with E-state index in [2.05, 4.69) is 20.6 Å². The van der Waals surface area contributed by atoms with E-state index < -0.39 is 5.91 Å². The maximum Gasteiger partial charge on any atom is 0.293 e. The number of imidazole rings is 1. The van der Waals surface area contributed by atoms with E-state index in [1.165, 1.54) is 6.20 Å². The number of hydrogen-bond donors (Lipinski definition) is 3. The molecule has 2 aromatic heterocycles. The predicted octanol–water partition coefficient (Wildman–Crippen LogP) is 1.53. The monoisotopic (exact) mass is 354 g/mol. The number of nitrogens with two attached hydrogens (primary N) is 1. The van der Waals surface area contributed by atoms with Crippen molar-refractivity contribution in [3.8, 4) is 0 Å². The molecular formula is C17H18N6O3. The minimum absolute atomic E-state index is 0.0296. The van der Waals surface area contributed by atoms with Crippen molar-refractivity contribution in [2.75, 3.05) is 17.6 Å². The average Bonchev–Trinajstić information content (AvgIpc) is 3.30. The van der Waals surface area contributed by atoms with Gasteiger partial charge < -0.3 is 25.4 Å². The number of para-hydroxylation sites is 1. The van der Waals surface area contributed by atoms with Gasteiger partial charge in [0.05, 0.1) is 23.8 Å². The highest BCUT2D eigenvalue weighted by molar-refractivity contribution is 6.07. The van der Waals surface area contributed by atoms with Gasteiger partial charge in [-0.2, -0.15) is 0 Å². The van der Waals surface area contributed by atoms with Crippen molar-refractivity contribution < 1.29 is 14.0 Å². The molecule has 0 fully saturated rings. The lowest BCUT2D eigenvalue weighted by atomic mass is 10.1. The van der Waals surface area contributed by atoms with Crippen molar-refractivity contribution in [2.24, 2.45) is 0 Å². The third kappa shape index (κ3) is 4.26. The lowest BCUT2D eigenvalue weighted by Crippen LogP contribution is -2.26. The van der Waals surface area contributed by atoms with Crippen molar-refractivity contribution in [2.45, 2.75) is 13.0 Å². The minimum Gasteiger partial charge on any atom is -0.418 e. The molecule has 0 unspecified atom stereocenters. The Labute approximate surface area is 149 Å². The van der Waals surface area contributed by atoms with E-state index in [1.54, 1.807) is 36.8 Å². The zero-order valence-corrected chi connectivity index (χ0v) is 13.9. The molecule has 0 spiro atoms. The van der Waals surface area contributed by atoms with Gasteiger partial charge in [0.15, 0.2) is 0 Å². The van der Waals surface area contributed by atoms with E-state index in [0.29, 0.717) is 17.8 Å². The first-order valence-electron chi connectivity index (χ1n) is 7.99. The maximum absolute atomic E-state index is 12.4. The van der Waals surface area contributed by atoms with E-state index in [0.717, 1.165) is 13.0 Å². The van der Waals surface area contributed by atoms with Crippen molar-refractivity contribution in [1.29, 1.82) is 0 Å². The van der Waals surface area contributed by atoms with Crippen LogP contribution >= 0.6 is 0 Å². The van der Waals surface area contributed by atoms with Gasteiger partial charge >= 0.3 is 0 Å². The first kappa shape index (κ1) is 17.2. The van der Waals surface area contributed by atoms with Crippen LogP contribution in [0.5, 0.6) is 0 Å². The summed E-state index contributed by atoms with van der Waals surface area (Å²) in [5.74, 6) is -0.837.